The summed E-state index contributed by atoms with van der Waals surface area (Å²) in [5, 5.41) is 0. The van der Waals surface area contributed by atoms with Gasteiger partial charge in [0.25, 0.3) is 5.52 Å². The zero-order valence-corrected chi connectivity index (χ0v) is 15.9. The molecule has 4 rings (SSSR count). The number of hydrogen-bond donors (Lipinski definition) is 0. The maximum atomic E-state index is 6.05. The van der Waals surface area contributed by atoms with Gasteiger partial charge in [0.15, 0.2) is 12.3 Å². The normalized spacial score (nSPS) is 15.0. The van der Waals surface area contributed by atoms with Crippen LogP contribution in [0.3, 0.4) is 0 Å². The molecule has 0 radical (unpaired) electrons. The minimum absolute atomic E-state index is 0.854. The van der Waals surface area contributed by atoms with E-state index in [9.17, 15) is 0 Å². The Hall–Kier alpha value is -3.01. The number of oxazole rings is 1. The van der Waals surface area contributed by atoms with Crippen molar-refractivity contribution in [2.24, 2.45) is 0 Å². The lowest BCUT2D eigenvalue weighted by Gasteiger charge is -2.16. The smallest absolute Gasteiger partial charge is 0.374 e. The predicted molar refractivity (Wildman–Crippen MR) is 109 cm³/mol. The molecule has 0 atom stereocenters. The quantitative estimate of drug-likeness (QED) is 0.558. The van der Waals surface area contributed by atoms with Crippen molar-refractivity contribution in [2.45, 2.75) is 33.2 Å². The molecule has 2 heterocycles. The van der Waals surface area contributed by atoms with E-state index in [2.05, 4.69) is 35.4 Å². The van der Waals surface area contributed by atoms with Crippen LogP contribution in [-0.2, 0) is 6.54 Å². The summed E-state index contributed by atoms with van der Waals surface area (Å²) in [6.07, 6.45) is 8.14. The molecule has 3 aromatic rings. The van der Waals surface area contributed by atoms with E-state index >= 15 is 0 Å². The number of para-hydroxylation sites is 4. The molecule has 4 heteroatoms. The maximum absolute atomic E-state index is 6.05. The van der Waals surface area contributed by atoms with Crippen LogP contribution in [0, 0.1) is 0 Å². The van der Waals surface area contributed by atoms with E-state index in [4.69, 9.17) is 9.15 Å². The predicted octanol–water partition coefficient (Wildman–Crippen LogP) is 5.29. The molecule has 1 aliphatic heterocycles. The van der Waals surface area contributed by atoms with Gasteiger partial charge in [0.2, 0.25) is 11.5 Å². The van der Waals surface area contributed by atoms with E-state index < -0.39 is 0 Å². The zero-order valence-electron chi connectivity index (χ0n) is 15.9. The molecule has 0 N–H and O–H groups in total. The van der Waals surface area contributed by atoms with Gasteiger partial charge in [-0.25, -0.2) is 0 Å². The molecule has 1 aliphatic rings. The average Bonchev–Trinajstić information content (AvgIpc) is 3.21. The van der Waals surface area contributed by atoms with Crippen molar-refractivity contribution in [3.63, 3.8) is 0 Å². The van der Waals surface area contributed by atoms with Crippen LogP contribution in [0.25, 0.3) is 17.2 Å². The van der Waals surface area contributed by atoms with Gasteiger partial charge in [0.1, 0.15) is 0 Å². The Labute approximate surface area is 160 Å². The summed E-state index contributed by atoms with van der Waals surface area (Å²) in [6.45, 7) is 6.21. The largest absolute Gasteiger partial charge is 0.439 e. The molecule has 0 saturated heterocycles. The van der Waals surface area contributed by atoms with Crippen molar-refractivity contribution in [1.82, 2.24) is 0 Å². The van der Waals surface area contributed by atoms with Crippen LogP contribution >= 0.6 is 0 Å². The summed E-state index contributed by atoms with van der Waals surface area (Å²) in [5.74, 6) is 2.62. The second-order valence-electron chi connectivity index (χ2n) is 6.65. The van der Waals surface area contributed by atoms with Gasteiger partial charge in [-0.05, 0) is 36.8 Å². The van der Waals surface area contributed by atoms with Gasteiger partial charge in [-0.15, -0.1) is 0 Å². The Kier molecular flexibility index (Phi) is 4.97. The van der Waals surface area contributed by atoms with Gasteiger partial charge < -0.3 is 14.1 Å². The summed E-state index contributed by atoms with van der Waals surface area (Å²) >= 11 is 0. The lowest BCUT2D eigenvalue weighted by atomic mass is 10.2. The first kappa shape index (κ1) is 17.4. The minimum Gasteiger partial charge on any atom is -0.439 e. The number of fused-ring (bicyclic) bond motifs is 2. The fourth-order valence-corrected chi connectivity index (χ4v) is 3.48. The minimum atomic E-state index is 0.854. The summed E-state index contributed by atoms with van der Waals surface area (Å²) < 4.78 is 14.3. The number of allylic oxidation sites excluding steroid dienone is 2. The van der Waals surface area contributed by atoms with Gasteiger partial charge in [-0.1, -0.05) is 38.1 Å². The van der Waals surface area contributed by atoms with Crippen molar-refractivity contribution in [2.75, 3.05) is 11.4 Å². The molecule has 2 aromatic carbocycles. The number of nitrogens with zero attached hydrogens (tertiary/aromatic N) is 2. The van der Waals surface area contributed by atoms with Gasteiger partial charge >= 0.3 is 5.89 Å². The molecule has 0 spiro atoms. The molecule has 0 aliphatic carbocycles. The SMILES string of the molecule is CCCN1/C(=C\C=C\c2oc3ccccc3[n+]2CCC)Oc2ccccc21. The lowest BCUT2D eigenvalue weighted by Crippen LogP contribution is -2.34. The van der Waals surface area contributed by atoms with E-state index in [-0.39, 0.29) is 0 Å². The molecule has 138 valence electrons. The number of anilines is 1. The lowest BCUT2D eigenvalue weighted by molar-refractivity contribution is -0.678. The number of hydrogen-bond acceptors (Lipinski definition) is 3. The molecule has 1 aromatic heterocycles. The first-order valence-corrected chi connectivity index (χ1v) is 9.66. The number of aromatic nitrogens is 1. The average molecular weight is 361 g/mol. The monoisotopic (exact) mass is 361 g/mol. The third-order valence-electron chi connectivity index (χ3n) is 4.65. The van der Waals surface area contributed by atoms with Gasteiger partial charge in [0.05, 0.1) is 11.8 Å². The van der Waals surface area contributed by atoms with E-state index in [0.717, 1.165) is 60.2 Å². The second-order valence-corrected chi connectivity index (χ2v) is 6.65. The van der Waals surface area contributed by atoms with Crippen molar-refractivity contribution in [3.05, 3.63) is 72.5 Å². The third-order valence-corrected chi connectivity index (χ3v) is 4.65. The summed E-state index contributed by atoms with van der Waals surface area (Å²) in [4.78, 5) is 2.22. The number of aryl methyl sites for hydroxylation is 1. The highest BCUT2D eigenvalue weighted by atomic mass is 16.5. The molecule has 0 bridgehead atoms. The number of ether oxygens (including phenoxy) is 1. The van der Waals surface area contributed by atoms with Gasteiger partial charge in [-0.3, -0.25) is 0 Å². The first-order chi connectivity index (χ1) is 13.3. The second kappa shape index (κ2) is 7.70. The van der Waals surface area contributed by atoms with Crippen molar-refractivity contribution in [3.8, 4) is 5.75 Å². The van der Waals surface area contributed by atoms with Crippen LogP contribution < -0.4 is 14.2 Å². The Balaban J connectivity index is 1.64. The topological polar surface area (TPSA) is 29.5 Å². The van der Waals surface area contributed by atoms with Crippen LogP contribution in [0.2, 0.25) is 0 Å². The van der Waals surface area contributed by atoms with Gasteiger partial charge in [0, 0.05) is 19.0 Å². The number of rotatable bonds is 6. The van der Waals surface area contributed by atoms with E-state index in [1.54, 1.807) is 0 Å². The van der Waals surface area contributed by atoms with Crippen molar-refractivity contribution < 1.29 is 13.7 Å². The molecule has 0 amide bonds. The molecule has 0 unspecified atom stereocenters. The van der Waals surface area contributed by atoms with Crippen LogP contribution in [0.4, 0.5) is 5.69 Å². The van der Waals surface area contributed by atoms with E-state index in [1.807, 2.05) is 54.6 Å². The molecule has 27 heavy (non-hydrogen) atoms. The first-order valence-electron chi connectivity index (χ1n) is 9.66. The van der Waals surface area contributed by atoms with E-state index in [0.29, 0.717) is 0 Å². The van der Waals surface area contributed by atoms with Crippen LogP contribution in [0.15, 0.2) is 71.0 Å². The Bertz CT molecular complexity index is 1000. The maximum Gasteiger partial charge on any atom is 0.374 e. The Morgan fingerprint density at radius 3 is 2.67 bits per heavy atom. The number of benzene rings is 2. The molecular formula is C23H25N2O2+. The molecule has 0 fully saturated rings. The third kappa shape index (κ3) is 3.35. The molecule has 4 nitrogen and oxygen atoms in total. The highest BCUT2D eigenvalue weighted by Gasteiger charge is 2.24. The van der Waals surface area contributed by atoms with Crippen LogP contribution in [0.5, 0.6) is 5.75 Å². The fourth-order valence-electron chi connectivity index (χ4n) is 3.48. The summed E-state index contributed by atoms with van der Waals surface area (Å²) in [5.41, 5.74) is 3.17. The summed E-state index contributed by atoms with van der Waals surface area (Å²) in [6, 6.07) is 16.3. The van der Waals surface area contributed by atoms with Crippen molar-refractivity contribution >= 4 is 22.9 Å². The van der Waals surface area contributed by atoms with Gasteiger partial charge in [-0.2, -0.15) is 4.57 Å². The zero-order chi connectivity index (χ0) is 18.6. The van der Waals surface area contributed by atoms with E-state index in [1.165, 1.54) is 0 Å². The van der Waals surface area contributed by atoms with Crippen molar-refractivity contribution in [1.29, 1.82) is 0 Å². The van der Waals surface area contributed by atoms with Crippen LogP contribution in [-0.4, -0.2) is 6.54 Å². The standard InChI is InChI=1S/C23H25N2O2/c1-3-16-24-18-10-5-7-12-20(18)26-22(24)14-9-15-23-25(17-4-2)19-11-6-8-13-21(19)27-23/h5-15H,3-4,16-17H2,1-2H3/q+1. The highest BCUT2D eigenvalue weighted by Crippen LogP contribution is 2.38. The Morgan fingerprint density at radius 2 is 1.81 bits per heavy atom. The summed E-state index contributed by atoms with van der Waals surface area (Å²) in [7, 11) is 0. The van der Waals surface area contributed by atoms with Crippen LogP contribution in [0.1, 0.15) is 32.6 Å². The molecular weight excluding hydrogens is 336 g/mol. The molecule has 0 saturated carbocycles. The Morgan fingerprint density at radius 1 is 1.00 bits per heavy atom. The fraction of sp³-hybridized carbons (Fsp3) is 0.261. The highest BCUT2D eigenvalue weighted by molar-refractivity contribution is 5.70.